The summed E-state index contributed by atoms with van der Waals surface area (Å²) >= 11 is 0. The Morgan fingerprint density at radius 3 is 1.29 bits per heavy atom. The van der Waals surface area contributed by atoms with Gasteiger partial charge in [-0.25, -0.2) is 0 Å². The molecule has 0 N–H and O–H groups in total. The van der Waals surface area contributed by atoms with Gasteiger partial charge in [-0.15, -0.1) is 6.10 Å². The third-order valence-corrected chi connectivity index (χ3v) is 0.939. The fraction of sp³-hybridized carbons (Fsp3) is 1.00. The van der Waals surface area contributed by atoms with Crippen molar-refractivity contribution in [2.45, 2.75) is 26.9 Å². The Bertz CT molecular complexity index is 29.1. The first-order valence-electron chi connectivity index (χ1n) is 2.30. The molecule has 0 heterocycles. The first kappa shape index (κ1) is 10.5. The van der Waals surface area contributed by atoms with Crippen LogP contribution in [0, 0.1) is 5.92 Å². The smallest absolute Gasteiger partial charge is 0.852 e. The van der Waals surface area contributed by atoms with Crippen LogP contribution in [0.1, 0.15) is 20.8 Å². The van der Waals surface area contributed by atoms with Crippen molar-refractivity contribution in [1.29, 1.82) is 0 Å². The summed E-state index contributed by atoms with van der Waals surface area (Å²) in [6.07, 6.45) is -0.398. The molecule has 0 fully saturated rings. The van der Waals surface area contributed by atoms with Crippen LogP contribution in [0.2, 0.25) is 0 Å². The summed E-state index contributed by atoms with van der Waals surface area (Å²) in [5, 5.41) is 10.2. The maximum Gasteiger partial charge on any atom is 1.00 e. The summed E-state index contributed by atoms with van der Waals surface area (Å²) in [4.78, 5) is 0. The molecule has 7 heavy (non-hydrogen) atoms. The van der Waals surface area contributed by atoms with Gasteiger partial charge in [0.1, 0.15) is 0 Å². The van der Waals surface area contributed by atoms with Crippen molar-refractivity contribution in [3.63, 3.8) is 0 Å². The minimum absolute atomic E-state index is 0. The van der Waals surface area contributed by atoms with Crippen LogP contribution in [0.4, 0.5) is 0 Å². The summed E-state index contributed by atoms with van der Waals surface area (Å²) in [6, 6.07) is 0. The minimum atomic E-state index is -0.398. The van der Waals surface area contributed by atoms with Crippen LogP contribution >= 0.6 is 0 Å². The first-order chi connectivity index (χ1) is 2.64. The van der Waals surface area contributed by atoms with Crippen molar-refractivity contribution in [2.75, 3.05) is 0 Å². The zero-order chi connectivity index (χ0) is 5.15. The van der Waals surface area contributed by atoms with Crippen molar-refractivity contribution in [3.05, 3.63) is 0 Å². The molecule has 1 atom stereocenters. The summed E-state index contributed by atoms with van der Waals surface area (Å²) < 4.78 is 0. The molecular weight excluding hydrogens is 83.0 g/mol. The minimum Gasteiger partial charge on any atom is -0.852 e. The second-order valence-electron chi connectivity index (χ2n) is 1.95. The number of rotatable bonds is 1. The van der Waals surface area contributed by atoms with Crippen molar-refractivity contribution in [2.24, 2.45) is 5.92 Å². The van der Waals surface area contributed by atoms with Gasteiger partial charge < -0.3 is 5.11 Å². The van der Waals surface area contributed by atoms with Gasteiger partial charge in [0.15, 0.2) is 0 Å². The molecule has 1 unspecified atom stereocenters. The van der Waals surface area contributed by atoms with Crippen LogP contribution in [0.5, 0.6) is 0 Å². The van der Waals surface area contributed by atoms with Gasteiger partial charge in [-0.1, -0.05) is 26.7 Å². The van der Waals surface area contributed by atoms with Gasteiger partial charge >= 0.3 is 18.9 Å². The van der Waals surface area contributed by atoms with Gasteiger partial charge in [-0.3, -0.25) is 0 Å². The molecule has 0 aromatic carbocycles. The average molecular weight is 94.1 g/mol. The Hall–Kier alpha value is 0.557. The molecular formula is C5H11LiO. The average Bonchev–Trinajstić information content (AvgIpc) is 1.36. The molecule has 1 nitrogen and oxygen atoms in total. The van der Waals surface area contributed by atoms with Gasteiger partial charge in [0.05, 0.1) is 0 Å². The maximum absolute atomic E-state index is 10.2. The molecule has 38 valence electrons. The number of hydrogen-bond acceptors (Lipinski definition) is 1. The standard InChI is InChI=1S/C5H11O.Li/c1-4(2)5(3)6;/h4-5H,1-3H3;/q-1;+1. The van der Waals surface area contributed by atoms with E-state index in [0.29, 0.717) is 5.92 Å². The SMILES string of the molecule is CC(C)C(C)[O-].[Li+]. The fourth-order valence-corrected chi connectivity index (χ4v) is 0. The molecule has 0 aliphatic rings. The van der Waals surface area contributed by atoms with E-state index in [1.165, 1.54) is 0 Å². The van der Waals surface area contributed by atoms with E-state index in [1.54, 1.807) is 6.92 Å². The third-order valence-electron chi connectivity index (χ3n) is 0.939. The van der Waals surface area contributed by atoms with Crippen LogP contribution < -0.4 is 24.0 Å². The van der Waals surface area contributed by atoms with Crippen molar-refractivity contribution < 1.29 is 24.0 Å². The molecule has 0 spiro atoms. The quantitative estimate of drug-likeness (QED) is 0.327. The summed E-state index contributed by atoms with van der Waals surface area (Å²) in [6.45, 7) is 5.54. The Kier molecular flexibility index (Phi) is 7.08. The Balaban J connectivity index is 0. The van der Waals surface area contributed by atoms with Crippen LogP contribution in [0.3, 0.4) is 0 Å². The largest absolute Gasteiger partial charge is 1.00 e. The molecule has 0 aliphatic heterocycles. The topological polar surface area (TPSA) is 23.1 Å². The predicted molar refractivity (Wildman–Crippen MR) is 24.3 cm³/mol. The zero-order valence-corrected chi connectivity index (χ0v) is 5.56. The van der Waals surface area contributed by atoms with Crippen LogP contribution in [0.25, 0.3) is 0 Å². The van der Waals surface area contributed by atoms with Gasteiger partial charge in [-0.05, 0) is 0 Å². The van der Waals surface area contributed by atoms with Gasteiger partial charge in [0.2, 0.25) is 0 Å². The Morgan fingerprint density at radius 2 is 1.29 bits per heavy atom. The van der Waals surface area contributed by atoms with E-state index in [9.17, 15) is 5.11 Å². The third kappa shape index (κ3) is 6.56. The monoisotopic (exact) mass is 94.1 g/mol. The van der Waals surface area contributed by atoms with E-state index in [4.69, 9.17) is 0 Å². The molecule has 0 aliphatic carbocycles. The molecule has 0 bridgehead atoms. The van der Waals surface area contributed by atoms with E-state index in [-0.39, 0.29) is 18.9 Å². The van der Waals surface area contributed by atoms with Gasteiger partial charge in [0, 0.05) is 0 Å². The van der Waals surface area contributed by atoms with Crippen molar-refractivity contribution in [3.8, 4) is 0 Å². The molecule has 0 radical (unpaired) electrons. The normalized spacial score (nSPS) is 13.3. The van der Waals surface area contributed by atoms with E-state index >= 15 is 0 Å². The van der Waals surface area contributed by atoms with Gasteiger partial charge in [0.25, 0.3) is 0 Å². The predicted octanol–water partition coefficient (Wildman–Crippen LogP) is -2.60. The zero-order valence-electron chi connectivity index (χ0n) is 5.56. The summed E-state index contributed by atoms with van der Waals surface area (Å²) in [5.41, 5.74) is 0. The van der Waals surface area contributed by atoms with Crippen LogP contribution in [0.15, 0.2) is 0 Å². The molecule has 0 amide bonds. The van der Waals surface area contributed by atoms with E-state index in [1.807, 2.05) is 13.8 Å². The first-order valence-corrected chi connectivity index (χ1v) is 2.30. The van der Waals surface area contributed by atoms with Crippen LogP contribution in [-0.4, -0.2) is 6.10 Å². The second kappa shape index (κ2) is 4.71. The molecule has 0 aromatic heterocycles. The van der Waals surface area contributed by atoms with Gasteiger partial charge in [-0.2, -0.15) is 0 Å². The second-order valence-corrected chi connectivity index (χ2v) is 1.95. The maximum atomic E-state index is 10.2. The Labute approximate surface area is 57.3 Å². The van der Waals surface area contributed by atoms with E-state index in [2.05, 4.69) is 0 Å². The molecule has 0 saturated carbocycles. The van der Waals surface area contributed by atoms with Crippen LogP contribution in [-0.2, 0) is 0 Å². The molecule has 0 aromatic rings. The molecule has 2 heteroatoms. The summed E-state index contributed by atoms with van der Waals surface area (Å²) in [5.74, 6) is 0.296. The molecule has 0 saturated heterocycles. The Morgan fingerprint density at radius 1 is 1.14 bits per heavy atom. The summed E-state index contributed by atoms with van der Waals surface area (Å²) in [7, 11) is 0. The number of hydrogen-bond donors (Lipinski definition) is 0. The van der Waals surface area contributed by atoms with Crippen molar-refractivity contribution in [1.82, 2.24) is 0 Å². The molecule has 0 rings (SSSR count). The van der Waals surface area contributed by atoms with Crippen molar-refractivity contribution >= 4 is 0 Å². The van der Waals surface area contributed by atoms with E-state index in [0.717, 1.165) is 0 Å². The van der Waals surface area contributed by atoms with E-state index < -0.39 is 6.10 Å². The fourth-order valence-electron chi connectivity index (χ4n) is 0.